The number of benzene rings is 4. The van der Waals surface area contributed by atoms with Crippen molar-refractivity contribution in [3.05, 3.63) is 130 Å². The van der Waals surface area contributed by atoms with E-state index in [0.717, 1.165) is 39.0 Å². The molecule has 1 heterocycles. The number of ether oxygens (including phenoxy) is 4. The monoisotopic (exact) mass is 805 g/mol. The van der Waals surface area contributed by atoms with Gasteiger partial charge < -0.3 is 18.9 Å². The highest BCUT2D eigenvalue weighted by Gasteiger charge is 2.55. The Bertz CT molecular complexity index is 2390. The molecule has 0 radical (unpaired) electrons. The van der Waals surface area contributed by atoms with Crippen LogP contribution in [0.5, 0.6) is 17.2 Å². The first-order valence-electron chi connectivity index (χ1n) is 19.6. The fraction of sp³-hybridized carbons (Fsp3) is 0.362. The Morgan fingerprint density at radius 3 is 2.28 bits per heavy atom. The average Bonchev–Trinajstić information content (AvgIpc) is 3.55. The predicted octanol–water partition coefficient (Wildman–Crippen LogP) is 8.72. The summed E-state index contributed by atoms with van der Waals surface area (Å²) in [6.07, 6.45) is 5.48. The van der Waals surface area contributed by atoms with Crippen molar-refractivity contribution in [3.8, 4) is 17.2 Å². The zero-order valence-electron chi connectivity index (χ0n) is 34.2. The summed E-state index contributed by atoms with van der Waals surface area (Å²) < 4.78 is 54.7. The van der Waals surface area contributed by atoms with Crippen LogP contribution in [-0.4, -0.2) is 71.3 Å². The summed E-state index contributed by atoms with van der Waals surface area (Å²) in [4.78, 5) is 30.5. The number of fused-ring (bicyclic) bond motifs is 3. The molecule has 304 valence electrons. The molecule has 0 saturated heterocycles. The van der Waals surface area contributed by atoms with Gasteiger partial charge in [0.25, 0.3) is 10.1 Å². The van der Waals surface area contributed by atoms with E-state index < -0.39 is 27.2 Å². The quantitative estimate of drug-likeness (QED) is 0.137. The lowest BCUT2D eigenvalue weighted by atomic mass is 9.68. The zero-order chi connectivity index (χ0) is 41.4. The van der Waals surface area contributed by atoms with Crippen LogP contribution in [0.3, 0.4) is 0 Å². The third kappa shape index (κ3) is 7.89. The molecule has 1 amide bonds. The SMILES string of the molecule is COc1cccc([C@]23C=C(c4cc(OC)ccc4C4=CC[C@@H](CCOS(=O)(=O)c5ccc(C)cc5)CC4=O)CN(C(=O)OC(C)(C)C)[C@H]2Cc2cccc(OC)c23)c1. The standard InChI is InChI=1S/C47H51NO9S/c1-30-14-18-37(19-15-30)58(51,52)56-23-22-31-16-20-39(41(49)24-31)38-21-17-36(54-6)27-40(38)33-28-47(34-11-9-12-35(26-34)53-5)43(48(29-33)45(50)57-46(2,3)4)25-32-10-8-13-42(55-7)44(32)47/h8-15,17-21,26-28,31,43H,16,22-25,29H2,1-7H3/t31-,43-,47+/m0/s1. The second-order valence-corrected chi connectivity index (χ2v) is 17.8. The lowest BCUT2D eigenvalue weighted by Crippen LogP contribution is -2.55. The number of amides is 1. The van der Waals surface area contributed by atoms with E-state index >= 15 is 0 Å². The largest absolute Gasteiger partial charge is 0.497 e. The summed E-state index contributed by atoms with van der Waals surface area (Å²) in [5.41, 5.74) is 5.05. The van der Waals surface area contributed by atoms with Gasteiger partial charge in [-0.3, -0.25) is 13.9 Å². The third-order valence-corrected chi connectivity index (χ3v) is 12.7. The van der Waals surface area contributed by atoms with Gasteiger partial charge in [-0.25, -0.2) is 4.79 Å². The Morgan fingerprint density at radius 1 is 0.862 bits per heavy atom. The van der Waals surface area contributed by atoms with E-state index in [1.165, 1.54) is 12.1 Å². The molecule has 2 aliphatic carbocycles. The Labute approximate surface area is 341 Å². The first kappa shape index (κ1) is 40.8. The number of allylic oxidation sites excluding steroid dienone is 2. The molecule has 0 N–H and O–H groups in total. The molecule has 0 fully saturated rings. The topological polar surface area (TPSA) is 118 Å². The molecule has 10 nitrogen and oxygen atoms in total. The van der Waals surface area contributed by atoms with Crippen LogP contribution < -0.4 is 14.2 Å². The minimum absolute atomic E-state index is 0.0308. The van der Waals surface area contributed by atoms with Crippen LogP contribution in [0.25, 0.3) is 11.1 Å². The minimum Gasteiger partial charge on any atom is -0.497 e. The fourth-order valence-corrected chi connectivity index (χ4v) is 9.54. The van der Waals surface area contributed by atoms with Crippen LogP contribution in [0.1, 0.15) is 73.4 Å². The third-order valence-electron chi connectivity index (χ3n) is 11.3. The van der Waals surface area contributed by atoms with Crippen molar-refractivity contribution in [2.75, 3.05) is 34.5 Å². The number of nitrogens with zero attached hydrogens (tertiary/aromatic N) is 1. The Balaban J connectivity index is 1.31. The second-order valence-electron chi connectivity index (χ2n) is 16.2. The van der Waals surface area contributed by atoms with E-state index in [2.05, 4.69) is 18.2 Å². The Morgan fingerprint density at radius 2 is 1.59 bits per heavy atom. The van der Waals surface area contributed by atoms with E-state index in [1.807, 2.05) is 87.2 Å². The number of carbonyl (C=O) groups is 2. The molecule has 4 aromatic carbocycles. The summed E-state index contributed by atoms with van der Waals surface area (Å²) in [6.45, 7) is 7.64. The highest BCUT2D eigenvalue weighted by molar-refractivity contribution is 7.86. The van der Waals surface area contributed by atoms with Crippen LogP contribution in [0.4, 0.5) is 4.79 Å². The van der Waals surface area contributed by atoms with E-state index in [9.17, 15) is 18.0 Å². The van der Waals surface area contributed by atoms with Gasteiger partial charge in [-0.05, 0) is 129 Å². The van der Waals surface area contributed by atoms with E-state index in [1.54, 1.807) is 33.5 Å². The van der Waals surface area contributed by atoms with E-state index in [0.29, 0.717) is 42.1 Å². The van der Waals surface area contributed by atoms with Gasteiger partial charge in [-0.15, -0.1) is 0 Å². The number of Topliss-reactive ketones (excluding diaryl/α,β-unsaturated/α-hetero) is 1. The fourth-order valence-electron chi connectivity index (χ4n) is 8.62. The van der Waals surface area contributed by atoms with Crippen molar-refractivity contribution < 1.29 is 41.1 Å². The highest BCUT2D eigenvalue weighted by atomic mass is 32.2. The molecule has 0 bridgehead atoms. The van der Waals surface area contributed by atoms with Gasteiger partial charge in [-0.1, -0.05) is 54.1 Å². The minimum atomic E-state index is -3.92. The van der Waals surface area contributed by atoms with Gasteiger partial charge in [0.05, 0.1) is 44.3 Å². The molecule has 3 aliphatic rings. The van der Waals surface area contributed by atoms with Gasteiger partial charge in [0.1, 0.15) is 22.8 Å². The van der Waals surface area contributed by atoms with E-state index in [-0.39, 0.29) is 42.2 Å². The molecule has 0 saturated carbocycles. The van der Waals surface area contributed by atoms with E-state index in [4.69, 9.17) is 23.1 Å². The van der Waals surface area contributed by atoms with Crippen LogP contribution in [0.2, 0.25) is 0 Å². The molecule has 4 aromatic rings. The predicted molar refractivity (Wildman–Crippen MR) is 223 cm³/mol. The molecule has 3 atom stereocenters. The molecule has 11 heteroatoms. The summed E-state index contributed by atoms with van der Waals surface area (Å²) in [5, 5.41) is 0. The number of hydrogen-bond donors (Lipinski definition) is 0. The highest BCUT2D eigenvalue weighted by Crippen LogP contribution is 2.55. The number of rotatable bonds is 11. The van der Waals surface area contributed by atoms with Crippen molar-refractivity contribution >= 4 is 33.1 Å². The zero-order valence-corrected chi connectivity index (χ0v) is 35.0. The molecular weight excluding hydrogens is 755 g/mol. The lowest BCUT2D eigenvalue weighted by molar-refractivity contribution is -0.115. The van der Waals surface area contributed by atoms with Gasteiger partial charge in [0.15, 0.2) is 5.78 Å². The van der Waals surface area contributed by atoms with Crippen molar-refractivity contribution in [3.63, 3.8) is 0 Å². The Kier molecular flexibility index (Phi) is 11.3. The van der Waals surface area contributed by atoms with Crippen LogP contribution in [-0.2, 0) is 35.7 Å². The van der Waals surface area contributed by atoms with Crippen LogP contribution in [0.15, 0.2) is 102 Å². The number of ketones is 1. The number of carbonyl (C=O) groups excluding carboxylic acids is 2. The van der Waals surface area contributed by atoms with Gasteiger partial charge in [0, 0.05) is 24.1 Å². The number of hydrogen-bond acceptors (Lipinski definition) is 9. The van der Waals surface area contributed by atoms with Crippen LogP contribution in [0, 0.1) is 12.8 Å². The molecule has 7 rings (SSSR count). The maximum atomic E-state index is 14.5. The van der Waals surface area contributed by atoms with Crippen LogP contribution >= 0.6 is 0 Å². The first-order valence-corrected chi connectivity index (χ1v) is 21.0. The number of methoxy groups -OCH3 is 3. The van der Waals surface area contributed by atoms with Crippen molar-refractivity contribution in [1.82, 2.24) is 4.90 Å². The lowest BCUT2D eigenvalue weighted by Gasteiger charge is -2.46. The molecule has 0 aromatic heterocycles. The van der Waals surface area contributed by atoms with Crippen molar-refractivity contribution in [2.24, 2.45) is 5.92 Å². The summed E-state index contributed by atoms with van der Waals surface area (Å²) in [5.74, 6) is 1.81. The van der Waals surface area contributed by atoms with Gasteiger partial charge >= 0.3 is 6.09 Å². The van der Waals surface area contributed by atoms with Crippen molar-refractivity contribution in [1.29, 1.82) is 0 Å². The second kappa shape index (κ2) is 16.1. The molecule has 1 aliphatic heterocycles. The van der Waals surface area contributed by atoms with Gasteiger partial charge in [-0.2, -0.15) is 8.42 Å². The summed E-state index contributed by atoms with van der Waals surface area (Å²) >= 11 is 0. The molecule has 0 unspecified atom stereocenters. The molecule has 0 spiro atoms. The maximum Gasteiger partial charge on any atom is 0.410 e. The summed E-state index contributed by atoms with van der Waals surface area (Å²) in [6, 6.07) is 25.7. The Hall–Kier alpha value is -5.39. The smallest absolute Gasteiger partial charge is 0.410 e. The van der Waals surface area contributed by atoms with Gasteiger partial charge in [0.2, 0.25) is 0 Å². The number of aryl methyl sites for hydroxylation is 1. The summed E-state index contributed by atoms with van der Waals surface area (Å²) in [7, 11) is 0.973. The first-order chi connectivity index (χ1) is 27.7. The maximum absolute atomic E-state index is 14.5. The average molecular weight is 806 g/mol. The van der Waals surface area contributed by atoms with Crippen molar-refractivity contribution in [2.45, 2.75) is 75.3 Å². The normalized spacial score (nSPS) is 20.4. The molecular formula is C47H51NO9S. The molecule has 58 heavy (non-hydrogen) atoms.